The summed E-state index contributed by atoms with van der Waals surface area (Å²) in [6.07, 6.45) is 2.69. The summed E-state index contributed by atoms with van der Waals surface area (Å²) in [6.45, 7) is 6.87. The zero-order valence-electron chi connectivity index (χ0n) is 19.1. The third-order valence-electron chi connectivity index (χ3n) is 5.38. The summed E-state index contributed by atoms with van der Waals surface area (Å²) in [6, 6.07) is 12.6. The molecule has 0 amide bonds. The van der Waals surface area contributed by atoms with Gasteiger partial charge >= 0.3 is 0 Å². The van der Waals surface area contributed by atoms with Gasteiger partial charge in [-0.25, -0.2) is 0 Å². The fraction of sp³-hybridized carbons (Fsp3) is 0.375. The van der Waals surface area contributed by atoms with Crippen molar-refractivity contribution in [3.63, 3.8) is 0 Å². The second-order valence-corrected chi connectivity index (χ2v) is 8.92. The standard InChI is InChI=1S/C24H30N3O4P/c1-5-30-32(31-6-2)15-18-9-7-17(8-10-18)14-27-16-26-21-13-25-20-12-23(29-4)22(28-3)11-19(20)24(21)27/h7-13,26H,5-6,14-16H2,1-4H3. The summed E-state index contributed by atoms with van der Waals surface area (Å²) in [4.78, 5) is 6.93. The van der Waals surface area contributed by atoms with E-state index in [0.717, 1.165) is 41.7 Å². The van der Waals surface area contributed by atoms with E-state index in [9.17, 15) is 0 Å². The first-order valence-electron chi connectivity index (χ1n) is 10.8. The van der Waals surface area contributed by atoms with Crippen LogP contribution < -0.4 is 19.7 Å². The Morgan fingerprint density at radius 1 is 0.969 bits per heavy atom. The first kappa shape index (κ1) is 22.6. The molecule has 0 atom stereocenters. The average molecular weight is 455 g/mol. The fourth-order valence-corrected chi connectivity index (χ4v) is 5.25. The number of fused-ring (bicyclic) bond motifs is 3. The van der Waals surface area contributed by atoms with Crippen molar-refractivity contribution >= 4 is 30.7 Å². The van der Waals surface area contributed by atoms with Gasteiger partial charge in [-0.15, -0.1) is 0 Å². The molecule has 8 heteroatoms. The Hall–Kier alpha value is -2.60. The maximum Gasteiger partial charge on any atom is 0.175 e. The Morgan fingerprint density at radius 2 is 1.62 bits per heavy atom. The Bertz CT molecular complexity index is 1060. The van der Waals surface area contributed by atoms with Crippen LogP contribution in [0.25, 0.3) is 10.9 Å². The molecule has 4 rings (SSSR count). The number of pyridine rings is 1. The summed E-state index contributed by atoms with van der Waals surface area (Å²) in [5.74, 6) is 1.38. The second-order valence-electron chi connectivity index (χ2n) is 7.42. The highest BCUT2D eigenvalue weighted by molar-refractivity contribution is 7.46. The number of nitrogens with one attached hydrogen (secondary N) is 1. The van der Waals surface area contributed by atoms with Crippen molar-refractivity contribution in [2.24, 2.45) is 0 Å². The molecule has 0 aliphatic carbocycles. The van der Waals surface area contributed by atoms with Gasteiger partial charge in [0.15, 0.2) is 19.9 Å². The molecule has 0 radical (unpaired) electrons. The van der Waals surface area contributed by atoms with Gasteiger partial charge in [-0.05, 0) is 31.0 Å². The molecule has 1 N–H and O–H groups in total. The van der Waals surface area contributed by atoms with Gasteiger partial charge in [0.1, 0.15) is 0 Å². The number of methoxy groups -OCH3 is 2. The van der Waals surface area contributed by atoms with Crippen LogP contribution in [0.3, 0.4) is 0 Å². The van der Waals surface area contributed by atoms with Crippen molar-refractivity contribution in [2.75, 3.05) is 44.3 Å². The lowest BCUT2D eigenvalue weighted by Gasteiger charge is -2.21. The van der Waals surface area contributed by atoms with Crippen LogP contribution in [-0.4, -0.2) is 39.1 Å². The summed E-state index contributed by atoms with van der Waals surface area (Å²) in [7, 11) is 2.42. The Balaban J connectivity index is 1.55. The molecule has 0 bridgehead atoms. The van der Waals surface area contributed by atoms with Crippen molar-refractivity contribution in [3.8, 4) is 11.5 Å². The van der Waals surface area contributed by atoms with E-state index >= 15 is 0 Å². The fourth-order valence-electron chi connectivity index (χ4n) is 3.91. The molecule has 1 aliphatic rings. The Kier molecular flexibility index (Phi) is 7.30. The molecule has 1 aromatic heterocycles. The van der Waals surface area contributed by atoms with Crippen LogP contribution in [-0.2, 0) is 21.8 Å². The van der Waals surface area contributed by atoms with Gasteiger partial charge in [-0.2, -0.15) is 0 Å². The van der Waals surface area contributed by atoms with E-state index in [2.05, 4.69) is 39.5 Å². The highest BCUT2D eigenvalue weighted by Gasteiger charge is 2.23. The molecule has 0 unspecified atom stereocenters. The van der Waals surface area contributed by atoms with E-state index in [4.69, 9.17) is 18.5 Å². The number of benzene rings is 2. The molecule has 170 valence electrons. The first-order chi connectivity index (χ1) is 15.7. The monoisotopic (exact) mass is 455 g/mol. The lowest BCUT2D eigenvalue weighted by Crippen LogP contribution is -2.22. The molecule has 2 aromatic carbocycles. The van der Waals surface area contributed by atoms with E-state index in [1.54, 1.807) is 14.2 Å². The number of anilines is 2. The van der Waals surface area contributed by atoms with Gasteiger partial charge in [0.05, 0.1) is 57.2 Å². The smallest absolute Gasteiger partial charge is 0.175 e. The lowest BCUT2D eigenvalue weighted by molar-refractivity contribution is 0.268. The molecular weight excluding hydrogens is 425 g/mol. The normalized spacial score (nSPS) is 12.8. The average Bonchev–Trinajstić information content (AvgIpc) is 3.22. The van der Waals surface area contributed by atoms with Crippen LogP contribution in [0.1, 0.15) is 25.0 Å². The number of ether oxygens (including phenoxy) is 2. The largest absolute Gasteiger partial charge is 0.493 e. The van der Waals surface area contributed by atoms with Gasteiger partial charge in [-0.1, -0.05) is 24.3 Å². The van der Waals surface area contributed by atoms with Crippen LogP contribution in [0.4, 0.5) is 11.4 Å². The third-order valence-corrected chi connectivity index (χ3v) is 7.09. The zero-order chi connectivity index (χ0) is 22.5. The number of hydrogen-bond donors (Lipinski definition) is 1. The quantitative estimate of drug-likeness (QED) is 0.404. The molecule has 0 saturated carbocycles. The second kappa shape index (κ2) is 10.3. The van der Waals surface area contributed by atoms with E-state index in [0.29, 0.717) is 24.7 Å². The van der Waals surface area contributed by atoms with Gasteiger partial charge in [0.2, 0.25) is 0 Å². The summed E-state index contributed by atoms with van der Waals surface area (Å²) < 4.78 is 22.5. The number of aromatic nitrogens is 1. The van der Waals surface area contributed by atoms with Gasteiger partial charge < -0.3 is 28.7 Å². The Labute approximate surface area is 190 Å². The van der Waals surface area contributed by atoms with Gasteiger partial charge in [-0.3, -0.25) is 4.98 Å². The predicted molar refractivity (Wildman–Crippen MR) is 130 cm³/mol. The van der Waals surface area contributed by atoms with Crippen LogP contribution in [0.5, 0.6) is 11.5 Å². The minimum atomic E-state index is -0.873. The highest BCUT2D eigenvalue weighted by atomic mass is 31.2. The van der Waals surface area contributed by atoms with Crippen LogP contribution in [0.2, 0.25) is 0 Å². The first-order valence-corrected chi connectivity index (χ1v) is 12.2. The number of rotatable bonds is 10. The van der Waals surface area contributed by atoms with Gasteiger partial charge in [0, 0.05) is 24.2 Å². The maximum atomic E-state index is 5.74. The highest BCUT2D eigenvalue weighted by Crippen LogP contribution is 2.43. The van der Waals surface area contributed by atoms with E-state index < -0.39 is 8.38 Å². The van der Waals surface area contributed by atoms with Crippen molar-refractivity contribution in [2.45, 2.75) is 26.6 Å². The molecule has 2 heterocycles. The molecule has 0 fully saturated rings. The molecule has 0 spiro atoms. The summed E-state index contributed by atoms with van der Waals surface area (Å²) >= 11 is 0. The molecular formula is C24H30N3O4P. The van der Waals surface area contributed by atoms with Crippen LogP contribution >= 0.6 is 8.38 Å². The van der Waals surface area contributed by atoms with Crippen molar-refractivity contribution in [1.29, 1.82) is 0 Å². The predicted octanol–water partition coefficient (Wildman–Crippen LogP) is 5.53. The maximum absolute atomic E-state index is 5.74. The minimum absolute atomic E-state index is 0.671. The molecule has 3 aromatic rings. The van der Waals surface area contributed by atoms with Crippen LogP contribution in [0, 0.1) is 0 Å². The third kappa shape index (κ3) is 4.75. The topological polar surface area (TPSA) is 65.1 Å². The number of nitrogens with zero attached hydrogens (tertiary/aromatic N) is 2. The lowest BCUT2D eigenvalue weighted by atomic mass is 10.1. The minimum Gasteiger partial charge on any atom is -0.493 e. The zero-order valence-corrected chi connectivity index (χ0v) is 19.9. The molecule has 0 saturated heterocycles. The molecule has 7 nitrogen and oxygen atoms in total. The SMILES string of the molecule is CCOP(Cc1ccc(CN2CNc3cnc4cc(OC)c(OC)cc4c32)cc1)OCC. The molecule has 32 heavy (non-hydrogen) atoms. The summed E-state index contributed by atoms with van der Waals surface area (Å²) in [5, 5.41) is 4.50. The van der Waals surface area contributed by atoms with E-state index in [1.807, 2.05) is 32.2 Å². The summed E-state index contributed by atoms with van der Waals surface area (Å²) in [5.41, 5.74) is 5.52. The van der Waals surface area contributed by atoms with E-state index in [1.165, 1.54) is 11.1 Å². The number of hydrogen-bond acceptors (Lipinski definition) is 7. The van der Waals surface area contributed by atoms with Crippen molar-refractivity contribution in [1.82, 2.24) is 4.98 Å². The van der Waals surface area contributed by atoms with Crippen LogP contribution in [0.15, 0.2) is 42.6 Å². The Morgan fingerprint density at radius 3 is 2.28 bits per heavy atom. The van der Waals surface area contributed by atoms with Crippen molar-refractivity contribution in [3.05, 3.63) is 53.7 Å². The van der Waals surface area contributed by atoms with Crippen molar-refractivity contribution < 1.29 is 18.5 Å². The van der Waals surface area contributed by atoms with E-state index in [-0.39, 0.29) is 0 Å². The van der Waals surface area contributed by atoms with Gasteiger partial charge in [0.25, 0.3) is 0 Å². The molecule has 1 aliphatic heterocycles.